The lowest BCUT2D eigenvalue weighted by Crippen LogP contribution is -2.24. The zero-order valence-electron chi connectivity index (χ0n) is 9.32. The monoisotopic (exact) mass is 176 g/mol. The van der Waals surface area contributed by atoms with Crippen molar-refractivity contribution < 1.29 is 0 Å². The van der Waals surface area contributed by atoms with Gasteiger partial charge in [-0.1, -0.05) is 25.6 Å². The third kappa shape index (κ3) is 0.994. The van der Waals surface area contributed by atoms with Crippen molar-refractivity contribution in [3.8, 4) is 0 Å². The van der Waals surface area contributed by atoms with E-state index < -0.39 is 0 Å². The molecule has 1 heteroatoms. The SMILES string of the molecule is BC12CC(C3(C)CC3)CCC1(C)C2. The number of hydrogen-bond donors (Lipinski definition) is 0. The Balaban J connectivity index is 1.76. The van der Waals surface area contributed by atoms with E-state index >= 15 is 0 Å². The van der Waals surface area contributed by atoms with Crippen LogP contribution in [0.2, 0.25) is 5.31 Å². The van der Waals surface area contributed by atoms with E-state index in [9.17, 15) is 0 Å². The van der Waals surface area contributed by atoms with Gasteiger partial charge in [-0.3, -0.25) is 0 Å². The minimum atomic E-state index is 0.752. The summed E-state index contributed by atoms with van der Waals surface area (Å²) in [4.78, 5) is 0. The van der Waals surface area contributed by atoms with Crippen molar-refractivity contribution >= 4 is 7.85 Å². The Morgan fingerprint density at radius 3 is 2.38 bits per heavy atom. The Labute approximate surface area is 82.9 Å². The molecule has 0 aromatic heterocycles. The van der Waals surface area contributed by atoms with Crippen molar-refractivity contribution in [1.82, 2.24) is 0 Å². The number of hydrogen-bond acceptors (Lipinski definition) is 0. The van der Waals surface area contributed by atoms with E-state index in [-0.39, 0.29) is 0 Å². The van der Waals surface area contributed by atoms with E-state index in [1.165, 1.54) is 32.1 Å². The second-order valence-corrected chi connectivity index (χ2v) is 6.89. The maximum Gasteiger partial charge on any atom is 0.110 e. The van der Waals surface area contributed by atoms with E-state index in [2.05, 4.69) is 21.7 Å². The summed E-state index contributed by atoms with van der Waals surface area (Å²) in [7, 11) is 2.53. The van der Waals surface area contributed by atoms with Gasteiger partial charge in [-0.15, -0.1) is 0 Å². The van der Waals surface area contributed by atoms with E-state index in [0.29, 0.717) is 0 Å². The van der Waals surface area contributed by atoms with Gasteiger partial charge in [-0.2, -0.15) is 0 Å². The Bertz CT molecular complexity index is 256. The number of fused-ring (bicyclic) bond motifs is 1. The Morgan fingerprint density at radius 1 is 1.15 bits per heavy atom. The highest BCUT2D eigenvalue weighted by molar-refractivity contribution is 6.18. The van der Waals surface area contributed by atoms with Gasteiger partial charge in [0.2, 0.25) is 0 Å². The molecule has 72 valence electrons. The summed E-state index contributed by atoms with van der Waals surface area (Å²) in [5.41, 5.74) is 1.54. The Hall–Kier alpha value is 0.0649. The van der Waals surface area contributed by atoms with Gasteiger partial charge in [0.25, 0.3) is 0 Å². The predicted molar refractivity (Wildman–Crippen MR) is 58.6 cm³/mol. The molecule has 0 N–H and O–H groups in total. The third-order valence-corrected chi connectivity index (χ3v) is 5.88. The highest BCUT2D eigenvalue weighted by Crippen LogP contribution is 2.78. The van der Waals surface area contributed by atoms with Crippen molar-refractivity contribution in [2.24, 2.45) is 16.7 Å². The molecule has 3 aliphatic carbocycles. The summed E-state index contributed by atoms with van der Waals surface area (Å²) >= 11 is 0. The fourth-order valence-corrected chi connectivity index (χ4v) is 3.86. The van der Waals surface area contributed by atoms with Crippen molar-refractivity contribution in [3.05, 3.63) is 0 Å². The van der Waals surface area contributed by atoms with Crippen molar-refractivity contribution in [3.63, 3.8) is 0 Å². The van der Waals surface area contributed by atoms with Crippen LogP contribution in [0, 0.1) is 16.7 Å². The molecule has 0 saturated heterocycles. The smallest absolute Gasteiger partial charge is 0.0598 e. The molecule has 3 rings (SSSR count). The quantitative estimate of drug-likeness (QED) is 0.539. The fraction of sp³-hybridized carbons (Fsp3) is 1.00. The van der Waals surface area contributed by atoms with Gasteiger partial charge in [0, 0.05) is 0 Å². The van der Waals surface area contributed by atoms with Crippen LogP contribution in [0.15, 0.2) is 0 Å². The van der Waals surface area contributed by atoms with Crippen LogP contribution in [0.3, 0.4) is 0 Å². The average Bonchev–Trinajstić information content (AvgIpc) is 2.87. The van der Waals surface area contributed by atoms with Gasteiger partial charge in [-0.05, 0) is 48.9 Å². The van der Waals surface area contributed by atoms with E-state index in [0.717, 1.165) is 22.1 Å². The first-order valence-corrected chi connectivity index (χ1v) is 5.98. The molecule has 0 aliphatic heterocycles. The number of rotatable bonds is 1. The summed E-state index contributed by atoms with van der Waals surface area (Å²) in [5, 5.41) is 0.752. The van der Waals surface area contributed by atoms with Crippen LogP contribution in [0.25, 0.3) is 0 Å². The van der Waals surface area contributed by atoms with Crippen LogP contribution in [0.5, 0.6) is 0 Å². The van der Waals surface area contributed by atoms with Crippen LogP contribution >= 0.6 is 0 Å². The first-order chi connectivity index (χ1) is 5.98. The second-order valence-electron chi connectivity index (χ2n) is 6.89. The molecule has 13 heavy (non-hydrogen) atoms. The van der Waals surface area contributed by atoms with Gasteiger partial charge in [0.05, 0.1) is 0 Å². The van der Waals surface area contributed by atoms with Crippen LogP contribution < -0.4 is 0 Å². The lowest BCUT2D eigenvalue weighted by Gasteiger charge is -2.35. The molecule has 0 aromatic carbocycles. The zero-order valence-corrected chi connectivity index (χ0v) is 9.32. The second kappa shape index (κ2) is 2.02. The third-order valence-electron chi connectivity index (χ3n) is 5.88. The van der Waals surface area contributed by atoms with Gasteiger partial charge >= 0.3 is 0 Å². The molecule has 0 nitrogen and oxygen atoms in total. The molecule has 3 atom stereocenters. The first-order valence-electron chi connectivity index (χ1n) is 5.98. The summed E-state index contributed by atoms with van der Waals surface area (Å²) in [5.74, 6) is 1.08. The predicted octanol–water partition coefficient (Wildman–Crippen LogP) is 2.79. The van der Waals surface area contributed by atoms with Crippen molar-refractivity contribution in [2.75, 3.05) is 0 Å². The minimum Gasteiger partial charge on any atom is -0.0598 e. The van der Waals surface area contributed by atoms with Crippen LogP contribution in [-0.2, 0) is 0 Å². The molecule has 0 heterocycles. The summed E-state index contributed by atoms with van der Waals surface area (Å²) < 4.78 is 0. The van der Waals surface area contributed by atoms with Crippen LogP contribution in [0.4, 0.5) is 0 Å². The van der Waals surface area contributed by atoms with E-state index in [1.54, 1.807) is 6.42 Å². The molecule has 3 saturated carbocycles. The van der Waals surface area contributed by atoms with Crippen molar-refractivity contribution in [2.45, 2.75) is 57.7 Å². The fourth-order valence-electron chi connectivity index (χ4n) is 3.86. The minimum absolute atomic E-state index is 0.752. The molecular formula is C12H21B. The molecule has 0 bridgehead atoms. The van der Waals surface area contributed by atoms with E-state index in [4.69, 9.17) is 0 Å². The molecule has 0 aromatic rings. The van der Waals surface area contributed by atoms with Gasteiger partial charge < -0.3 is 0 Å². The Kier molecular flexibility index (Phi) is 1.30. The topological polar surface area (TPSA) is 0 Å². The normalized spacial score (nSPS) is 56.9. The zero-order chi connectivity index (χ0) is 9.32. The molecule has 3 fully saturated rings. The summed E-state index contributed by atoms with van der Waals surface area (Å²) in [6.07, 6.45) is 9.15. The summed E-state index contributed by atoms with van der Waals surface area (Å²) in [6.45, 7) is 5.03. The molecule has 3 unspecified atom stereocenters. The first kappa shape index (κ1) is 8.38. The molecule has 3 aliphatic rings. The largest absolute Gasteiger partial charge is 0.110 e. The maximum atomic E-state index is 2.53. The highest BCUT2D eigenvalue weighted by Gasteiger charge is 2.64. The molecule has 0 radical (unpaired) electrons. The standard InChI is InChI=1S/C12H21B/c1-10(5-6-10)9-3-4-11(2)8-12(11,13)7-9/h9H,3-8,13H2,1-2H3. The maximum absolute atomic E-state index is 2.53. The van der Waals surface area contributed by atoms with Gasteiger partial charge in [-0.25, -0.2) is 0 Å². The lowest BCUT2D eigenvalue weighted by atomic mass is 9.62. The summed E-state index contributed by atoms with van der Waals surface area (Å²) in [6, 6.07) is 0. The molecule has 0 amide bonds. The van der Waals surface area contributed by atoms with Gasteiger partial charge in [0.1, 0.15) is 7.85 Å². The lowest BCUT2D eigenvalue weighted by molar-refractivity contribution is 0.208. The Morgan fingerprint density at radius 2 is 1.85 bits per heavy atom. The van der Waals surface area contributed by atoms with Gasteiger partial charge in [0.15, 0.2) is 0 Å². The molecule has 0 spiro atoms. The van der Waals surface area contributed by atoms with Crippen LogP contribution in [0.1, 0.15) is 52.4 Å². The van der Waals surface area contributed by atoms with Crippen LogP contribution in [-0.4, -0.2) is 7.85 Å². The van der Waals surface area contributed by atoms with E-state index in [1.807, 2.05) is 0 Å². The molecular weight excluding hydrogens is 155 g/mol. The average molecular weight is 176 g/mol. The van der Waals surface area contributed by atoms with Crippen molar-refractivity contribution in [1.29, 1.82) is 0 Å². The highest BCUT2D eigenvalue weighted by atomic mass is 14.7.